The largest absolute Gasteiger partial charge is 0.328 e. The van der Waals surface area contributed by atoms with Gasteiger partial charge in [-0.15, -0.1) is 0 Å². The van der Waals surface area contributed by atoms with Crippen molar-refractivity contribution in [3.8, 4) is 0 Å². The topological polar surface area (TPSA) is 165 Å². The van der Waals surface area contributed by atoms with Gasteiger partial charge in [0.2, 0.25) is 5.23 Å². The summed E-state index contributed by atoms with van der Waals surface area (Å²) in [4.78, 5) is 56.5. The molecule has 204 valence electrons. The first-order valence-electron chi connectivity index (χ1n) is 12.4. The lowest BCUT2D eigenvalue weighted by molar-refractivity contribution is 0.0705. The second kappa shape index (κ2) is 10.9. The van der Waals surface area contributed by atoms with Crippen LogP contribution >= 0.6 is 0 Å². The van der Waals surface area contributed by atoms with Crippen LogP contribution in [0.4, 0.5) is 0 Å². The molecule has 3 aromatic carbocycles. The summed E-state index contributed by atoms with van der Waals surface area (Å²) < 4.78 is 13.7. The van der Waals surface area contributed by atoms with Crippen molar-refractivity contribution in [2.75, 3.05) is 6.54 Å². The number of hydrogen-bond donors (Lipinski definition) is 3. The summed E-state index contributed by atoms with van der Waals surface area (Å²) in [6.07, 6.45) is 1.28. The monoisotopic (exact) mass is 559 g/mol. The van der Waals surface area contributed by atoms with E-state index in [4.69, 9.17) is 15.3 Å². The molecule has 1 aliphatic rings. The van der Waals surface area contributed by atoms with E-state index in [9.17, 15) is 23.4 Å². The summed E-state index contributed by atoms with van der Waals surface area (Å²) >= 11 is 0. The molecule has 2 heterocycles. The van der Waals surface area contributed by atoms with Crippen molar-refractivity contribution in [2.24, 2.45) is 5.14 Å². The number of likely N-dealkylation sites (tertiary alicyclic amines) is 1. The molecule has 11 nitrogen and oxygen atoms in total. The summed E-state index contributed by atoms with van der Waals surface area (Å²) in [7, 11) is -3.45. The fourth-order valence-electron chi connectivity index (χ4n) is 4.89. The quantitative estimate of drug-likeness (QED) is 0.185. The van der Waals surface area contributed by atoms with Crippen LogP contribution in [0.25, 0.3) is 10.9 Å². The molecule has 0 radical (unpaired) electrons. The Balaban J connectivity index is 1.54. The number of carbonyl (C=O) groups is 2. The van der Waals surface area contributed by atoms with Crippen LogP contribution in [-0.4, -0.2) is 47.5 Å². The second-order valence-electron chi connectivity index (χ2n) is 9.38. The third-order valence-electron chi connectivity index (χ3n) is 6.94. The molecular weight excluding hydrogens is 534 g/mol. The van der Waals surface area contributed by atoms with E-state index in [1.54, 1.807) is 51.3 Å². The van der Waals surface area contributed by atoms with E-state index >= 15 is 0 Å². The number of amides is 2. The Hall–Kier alpha value is -4.61. The number of rotatable bonds is 6. The Kier molecular flexibility index (Phi) is 7.33. The van der Waals surface area contributed by atoms with Gasteiger partial charge in [-0.1, -0.05) is 24.3 Å². The highest BCUT2D eigenvalue weighted by Crippen LogP contribution is 2.33. The maximum Gasteiger partial charge on any atom is 0.274 e. The molecule has 1 aliphatic heterocycles. The van der Waals surface area contributed by atoms with E-state index in [1.807, 2.05) is 0 Å². The maximum absolute atomic E-state index is 13.7. The lowest BCUT2D eigenvalue weighted by Gasteiger charge is -2.27. The van der Waals surface area contributed by atoms with E-state index in [2.05, 4.69) is 0 Å². The van der Waals surface area contributed by atoms with Gasteiger partial charge in [0.15, 0.2) is 0 Å². The number of nitrogens with zero attached hydrogens (tertiary/aromatic N) is 3. The van der Waals surface area contributed by atoms with Gasteiger partial charge in [-0.3, -0.25) is 24.2 Å². The van der Waals surface area contributed by atoms with Crippen LogP contribution in [0.2, 0.25) is 0 Å². The van der Waals surface area contributed by atoms with E-state index < -0.39 is 21.7 Å². The van der Waals surface area contributed by atoms with Crippen molar-refractivity contribution in [2.45, 2.75) is 30.3 Å². The van der Waals surface area contributed by atoms with Crippen LogP contribution in [0, 0.1) is 0 Å². The summed E-state index contributed by atoms with van der Waals surface area (Å²) in [5.74, 6) is -0.520. The molecular formula is C28H25N5O6S. The van der Waals surface area contributed by atoms with Gasteiger partial charge in [0.1, 0.15) is 15.5 Å². The number of aromatic nitrogens is 2. The highest BCUT2D eigenvalue weighted by atomic mass is 32.2. The van der Waals surface area contributed by atoms with E-state index in [0.717, 1.165) is 5.56 Å². The Morgan fingerprint density at radius 3 is 2.40 bits per heavy atom. The van der Waals surface area contributed by atoms with Crippen LogP contribution in [0.15, 0.2) is 82.5 Å². The number of nitrogens with one attached hydrogen (secondary N) is 1. The summed E-state index contributed by atoms with van der Waals surface area (Å²) in [6, 6.07) is 18.6. The predicted molar refractivity (Wildman–Crippen MR) is 147 cm³/mol. The standard InChI is InChI=1S/C28H25N5O6S/c29-40(39,17-34)21-13-11-20(12-14-21)27(36)32-15-3-6-24(32)25-30-23-5-2-1-4-22(23)28(37)33(25)16-18-7-9-19(10-8-18)26(35)31-38/h1-2,4-5,7-14,24,38H,3,6,15-16H2,(H2,29,39)(H,31,35)/t24-,40?/m0/s1. The number of carbonyl (C=O) groups excluding carboxylic acids is 3. The molecule has 0 spiro atoms. The first kappa shape index (κ1) is 27.0. The Morgan fingerprint density at radius 1 is 1.05 bits per heavy atom. The normalized spacial score (nSPS) is 16.4. The molecule has 1 unspecified atom stereocenters. The first-order chi connectivity index (χ1) is 19.2. The summed E-state index contributed by atoms with van der Waals surface area (Å²) in [6.45, 7) is 0.585. The predicted octanol–water partition coefficient (Wildman–Crippen LogP) is 2.13. The smallest absolute Gasteiger partial charge is 0.274 e. The summed E-state index contributed by atoms with van der Waals surface area (Å²) in [5.41, 5.74) is 3.13. The van der Waals surface area contributed by atoms with Crippen LogP contribution in [-0.2, 0) is 21.0 Å². The minimum absolute atomic E-state index is 0.0737. The van der Waals surface area contributed by atoms with E-state index in [-0.39, 0.29) is 28.5 Å². The lowest BCUT2D eigenvalue weighted by Crippen LogP contribution is -2.36. The van der Waals surface area contributed by atoms with Crippen LogP contribution in [0.5, 0.6) is 0 Å². The van der Waals surface area contributed by atoms with Crippen molar-refractivity contribution >= 4 is 37.7 Å². The minimum Gasteiger partial charge on any atom is -0.328 e. The van der Waals surface area contributed by atoms with Gasteiger partial charge in [0.25, 0.3) is 17.4 Å². The zero-order chi connectivity index (χ0) is 28.4. The van der Waals surface area contributed by atoms with Crippen LogP contribution < -0.4 is 16.2 Å². The highest BCUT2D eigenvalue weighted by Gasteiger charge is 2.34. The number of nitrogens with two attached hydrogens (primary N) is 1. The fraction of sp³-hybridized carbons (Fsp3) is 0.179. The van der Waals surface area contributed by atoms with Crippen molar-refractivity contribution < 1.29 is 23.8 Å². The molecule has 12 heteroatoms. The average molecular weight is 560 g/mol. The second-order valence-corrected chi connectivity index (χ2v) is 11.2. The first-order valence-corrected chi connectivity index (χ1v) is 14.0. The molecule has 1 saturated heterocycles. The third-order valence-corrected chi connectivity index (χ3v) is 8.16. The lowest BCUT2D eigenvalue weighted by atomic mass is 10.1. The van der Waals surface area contributed by atoms with Crippen LogP contribution in [0.3, 0.4) is 0 Å². The molecule has 40 heavy (non-hydrogen) atoms. The van der Waals surface area contributed by atoms with Crippen molar-refractivity contribution in [3.05, 3.63) is 106 Å². The number of benzene rings is 3. The van der Waals surface area contributed by atoms with Gasteiger partial charge in [-0.05, 0) is 66.9 Å². The van der Waals surface area contributed by atoms with Crippen molar-refractivity contribution in [1.82, 2.24) is 19.9 Å². The molecule has 1 aromatic heterocycles. The van der Waals surface area contributed by atoms with Gasteiger partial charge >= 0.3 is 0 Å². The van der Waals surface area contributed by atoms with Gasteiger partial charge in [-0.25, -0.2) is 24.6 Å². The molecule has 0 bridgehead atoms. The minimum atomic E-state index is -3.45. The number of hydrogen-bond acceptors (Lipinski definition) is 7. The number of fused-ring (bicyclic) bond motifs is 1. The summed E-state index contributed by atoms with van der Waals surface area (Å²) in [5, 5.41) is 16.1. The Bertz CT molecular complexity index is 1820. The molecule has 0 aliphatic carbocycles. The number of para-hydroxylation sites is 1. The highest BCUT2D eigenvalue weighted by molar-refractivity contribution is 7.98. The van der Waals surface area contributed by atoms with Gasteiger partial charge in [-0.2, -0.15) is 0 Å². The van der Waals surface area contributed by atoms with Gasteiger partial charge in [0, 0.05) is 17.7 Å². The Morgan fingerprint density at radius 2 is 1.73 bits per heavy atom. The average Bonchev–Trinajstić information content (AvgIpc) is 3.48. The molecule has 4 aromatic rings. The molecule has 2 amide bonds. The van der Waals surface area contributed by atoms with E-state index in [1.165, 1.54) is 41.6 Å². The van der Waals surface area contributed by atoms with Gasteiger partial charge in [0.05, 0.1) is 28.4 Å². The fourth-order valence-corrected chi connectivity index (χ4v) is 5.53. The molecule has 2 atom stereocenters. The molecule has 5 rings (SSSR count). The molecule has 1 fully saturated rings. The number of hydroxylamine groups is 1. The Labute approximate surface area is 229 Å². The zero-order valence-corrected chi connectivity index (χ0v) is 22.0. The van der Waals surface area contributed by atoms with Crippen molar-refractivity contribution in [1.29, 1.82) is 0 Å². The zero-order valence-electron chi connectivity index (χ0n) is 21.1. The SMILES string of the molecule is NS(=O)(=C=O)c1ccc(C(=O)N2CCC[C@H]2c2nc3ccccc3c(=O)n2Cc2ccc(C(=O)NO)cc2)cc1. The maximum atomic E-state index is 13.7. The van der Waals surface area contributed by atoms with Gasteiger partial charge < -0.3 is 4.90 Å². The van der Waals surface area contributed by atoms with E-state index in [0.29, 0.717) is 41.7 Å². The third kappa shape index (κ3) is 5.04. The van der Waals surface area contributed by atoms with Crippen molar-refractivity contribution in [3.63, 3.8) is 0 Å². The van der Waals surface area contributed by atoms with Crippen LogP contribution in [0.1, 0.15) is 51.0 Å². The molecule has 0 saturated carbocycles. The molecule has 4 N–H and O–H groups in total.